The summed E-state index contributed by atoms with van der Waals surface area (Å²) < 4.78 is 13.0. The Kier molecular flexibility index (Phi) is 5.16. The topological polar surface area (TPSA) is 92.6 Å². The van der Waals surface area contributed by atoms with E-state index in [9.17, 15) is 24.1 Å². The fourth-order valence-corrected chi connectivity index (χ4v) is 3.08. The van der Waals surface area contributed by atoms with Gasteiger partial charge in [0.25, 0.3) is 11.6 Å². The highest BCUT2D eigenvalue weighted by Crippen LogP contribution is 2.25. The molecular weight excluding hydrogens is 353 g/mol. The number of nitrogens with zero attached hydrogens (tertiary/aromatic N) is 2. The van der Waals surface area contributed by atoms with Gasteiger partial charge in [-0.05, 0) is 37.3 Å². The van der Waals surface area contributed by atoms with Crippen LogP contribution in [-0.4, -0.2) is 29.8 Å². The fraction of sp³-hybridized carbons (Fsp3) is 0.263. The monoisotopic (exact) mass is 371 g/mol. The number of nitro benzene ring substituents is 1. The Labute approximate surface area is 154 Å². The van der Waals surface area contributed by atoms with E-state index in [4.69, 9.17) is 0 Å². The number of nitrogens with one attached hydrogen (secondary N) is 1. The molecule has 8 heteroatoms. The molecule has 1 aliphatic rings. The molecule has 0 spiro atoms. The minimum atomic E-state index is -0.525. The van der Waals surface area contributed by atoms with Gasteiger partial charge in [0.05, 0.1) is 4.92 Å². The number of anilines is 1. The minimum Gasteiger partial charge on any atom is -0.352 e. The van der Waals surface area contributed by atoms with Gasteiger partial charge >= 0.3 is 0 Å². The number of benzene rings is 2. The first-order chi connectivity index (χ1) is 12.8. The van der Waals surface area contributed by atoms with Crippen LogP contribution in [0.15, 0.2) is 42.5 Å². The zero-order chi connectivity index (χ0) is 19.6. The Balaban J connectivity index is 1.61. The zero-order valence-electron chi connectivity index (χ0n) is 14.6. The van der Waals surface area contributed by atoms with Crippen LogP contribution in [0, 0.1) is 28.8 Å². The van der Waals surface area contributed by atoms with E-state index in [0.29, 0.717) is 17.8 Å². The molecule has 0 saturated carbocycles. The van der Waals surface area contributed by atoms with E-state index < -0.39 is 10.8 Å². The summed E-state index contributed by atoms with van der Waals surface area (Å²) >= 11 is 0. The molecule has 1 saturated heterocycles. The largest absolute Gasteiger partial charge is 0.352 e. The minimum absolute atomic E-state index is 0.0908. The molecule has 1 fully saturated rings. The highest BCUT2D eigenvalue weighted by atomic mass is 19.1. The number of halogens is 1. The van der Waals surface area contributed by atoms with Crippen LogP contribution in [0.1, 0.15) is 22.3 Å². The van der Waals surface area contributed by atoms with Crippen LogP contribution in [0.25, 0.3) is 0 Å². The molecule has 0 bridgehead atoms. The highest BCUT2D eigenvalue weighted by molar-refractivity contribution is 5.96. The third-order valence-corrected chi connectivity index (χ3v) is 4.56. The quantitative estimate of drug-likeness (QED) is 0.646. The van der Waals surface area contributed by atoms with Crippen molar-refractivity contribution < 1.29 is 18.9 Å². The van der Waals surface area contributed by atoms with Gasteiger partial charge in [-0.15, -0.1) is 0 Å². The lowest BCUT2D eigenvalue weighted by Gasteiger charge is -2.17. The van der Waals surface area contributed by atoms with Crippen molar-refractivity contribution in [3.05, 3.63) is 69.5 Å². The molecule has 1 aliphatic heterocycles. The van der Waals surface area contributed by atoms with Crippen molar-refractivity contribution in [3.63, 3.8) is 0 Å². The molecule has 1 heterocycles. The first kappa shape index (κ1) is 18.5. The van der Waals surface area contributed by atoms with Crippen LogP contribution >= 0.6 is 0 Å². The fourth-order valence-electron chi connectivity index (χ4n) is 3.08. The lowest BCUT2D eigenvalue weighted by Crippen LogP contribution is -2.31. The van der Waals surface area contributed by atoms with Crippen molar-refractivity contribution in [1.82, 2.24) is 5.32 Å². The van der Waals surface area contributed by atoms with Gasteiger partial charge < -0.3 is 10.2 Å². The van der Waals surface area contributed by atoms with Gasteiger partial charge in [0.15, 0.2) is 0 Å². The second-order valence-electron chi connectivity index (χ2n) is 6.52. The maximum Gasteiger partial charge on any atom is 0.273 e. The molecule has 2 amide bonds. The van der Waals surface area contributed by atoms with Crippen LogP contribution in [-0.2, 0) is 4.79 Å². The van der Waals surface area contributed by atoms with Crippen LogP contribution in [0.3, 0.4) is 0 Å². The summed E-state index contributed by atoms with van der Waals surface area (Å²) in [5, 5.41) is 13.7. The molecular formula is C19H18FN3O4. The number of aryl methyl sites for hydroxylation is 1. The van der Waals surface area contributed by atoms with E-state index in [1.165, 1.54) is 30.3 Å². The first-order valence-electron chi connectivity index (χ1n) is 8.44. The number of hydrogen-bond acceptors (Lipinski definition) is 4. The molecule has 27 heavy (non-hydrogen) atoms. The molecule has 140 valence electrons. The molecule has 1 N–H and O–H groups in total. The number of nitro groups is 1. The maximum atomic E-state index is 13.0. The number of carbonyl (C=O) groups is 2. The van der Waals surface area contributed by atoms with Crippen LogP contribution in [0.4, 0.5) is 15.8 Å². The third-order valence-electron chi connectivity index (χ3n) is 4.56. The summed E-state index contributed by atoms with van der Waals surface area (Å²) in [5.41, 5.74) is 1.19. The van der Waals surface area contributed by atoms with E-state index in [2.05, 4.69) is 5.32 Å². The third kappa shape index (κ3) is 4.11. The van der Waals surface area contributed by atoms with Crippen LogP contribution < -0.4 is 10.2 Å². The highest BCUT2D eigenvalue weighted by Gasteiger charge is 2.30. The molecule has 1 atom stereocenters. The van der Waals surface area contributed by atoms with Crippen molar-refractivity contribution >= 4 is 23.2 Å². The maximum absolute atomic E-state index is 13.0. The zero-order valence-corrected chi connectivity index (χ0v) is 14.6. The second kappa shape index (κ2) is 7.53. The van der Waals surface area contributed by atoms with Crippen molar-refractivity contribution in [2.75, 3.05) is 18.0 Å². The van der Waals surface area contributed by atoms with Crippen molar-refractivity contribution in [1.29, 1.82) is 0 Å². The summed E-state index contributed by atoms with van der Waals surface area (Å²) in [5.74, 6) is -0.981. The normalized spacial score (nSPS) is 16.4. The van der Waals surface area contributed by atoms with E-state index in [1.807, 2.05) is 0 Å². The number of amides is 2. The molecule has 0 aromatic heterocycles. The SMILES string of the molecule is Cc1ccc(C(=O)NCC2CC(=O)N(c3ccc(F)cc3)C2)cc1[N+](=O)[O-]. The summed E-state index contributed by atoms with van der Waals surface area (Å²) in [4.78, 5) is 36.5. The van der Waals surface area contributed by atoms with E-state index in [-0.39, 0.29) is 41.9 Å². The number of carbonyl (C=O) groups excluding carboxylic acids is 2. The number of hydrogen-bond donors (Lipinski definition) is 1. The summed E-state index contributed by atoms with van der Waals surface area (Å²) in [6.07, 6.45) is 0.270. The van der Waals surface area contributed by atoms with Crippen LogP contribution in [0.2, 0.25) is 0 Å². The Hall–Kier alpha value is -3.29. The van der Waals surface area contributed by atoms with E-state index >= 15 is 0 Å². The standard InChI is InChI=1S/C19H18FN3O4/c1-12-2-3-14(9-17(12)23(26)27)19(25)21-10-13-8-18(24)22(11-13)16-6-4-15(20)5-7-16/h2-7,9,13H,8,10-11H2,1H3,(H,21,25). The average Bonchev–Trinajstić information content (AvgIpc) is 3.01. The van der Waals surface area contributed by atoms with Gasteiger partial charge in [-0.25, -0.2) is 4.39 Å². The average molecular weight is 371 g/mol. The summed E-state index contributed by atoms with van der Waals surface area (Å²) in [6, 6.07) is 9.98. The molecule has 2 aromatic carbocycles. The van der Waals surface area contributed by atoms with Crippen LogP contribution in [0.5, 0.6) is 0 Å². The number of rotatable bonds is 5. The van der Waals surface area contributed by atoms with E-state index in [1.54, 1.807) is 24.0 Å². The Morgan fingerprint density at radius 1 is 1.30 bits per heavy atom. The van der Waals surface area contributed by atoms with Crippen molar-refractivity contribution in [3.8, 4) is 0 Å². The molecule has 0 radical (unpaired) electrons. The van der Waals surface area contributed by atoms with E-state index in [0.717, 1.165) is 0 Å². The smallest absolute Gasteiger partial charge is 0.273 e. The predicted molar refractivity (Wildman–Crippen MR) is 97.0 cm³/mol. The van der Waals surface area contributed by atoms with Gasteiger partial charge in [-0.1, -0.05) is 6.07 Å². The second-order valence-corrected chi connectivity index (χ2v) is 6.52. The first-order valence-corrected chi connectivity index (χ1v) is 8.44. The summed E-state index contributed by atoms with van der Waals surface area (Å²) in [6.45, 7) is 2.29. The summed E-state index contributed by atoms with van der Waals surface area (Å²) in [7, 11) is 0. The van der Waals surface area contributed by atoms with Gasteiger partial charge in [-0.3, -0.25) is 19.7 Å². The predicted octanol–water partition coefficient (Wildman–Crippen LogP) is 2.83. The Morgan fingerprint density at radius 3 is 2.67 bits per heavy atom. The Morgan fingerprint density at radius 2 is 2.00 bits per heavy atom. The lowest BCUT2D eigenvalue weighted by atomic mass is 10.1. The molecule has 7 nitrogen and oxygen atoms in total. The molecule has 1 unspecified atom stereocenters. The van der Waals surface area contributed by atoms with Gasteiger partial charge in [-0.2, -0.15) is 0 Å². The molecule has 0 aliphatic carbocycles. The van der Waals surface area contributed by atoms with Crippen molar-refractivity contribution in [2.45, 2.75) is 13.3 Å². The lowest BCUT2D eigenvalue weighted by molar-refractivity contribution is -0.385. The van der Waals surface area contributed by atoms with Gasteiger partial charge in [0.1, 0.15) is 5.82 Å². The molecule has 2 aromatic rings. The van der Waals surface area contributed by atoms with Gasteiger partial charge in [0.2, 0.25) is 5.91 Å². The van der Waals surface area contributed by atoms with Gasteiger partial charge in [0, 0.05) is 48.3 Å². The Bertz CT molecular complexity index is 898. The molecule has 3 rings (SSSR count). The van der Waals surface area contributed by atoms with Crippen molar-refractivity contribution in [2.24, 2.45) is 5.92 Å².